The van der Waals surface area contributed by atoms with Crippen molar-refractivity contribution in [3.63, 3.8) is 0 Å². The molecule has 0 aliphatic heterocycles. The van der Waals surface area contributed by atoms with Gasteiger partial charge in [-0.25, -0.2) is 0 Å². The lowest BCUT2D eigenvalue weighted by Crippen LogP contribution is -2.56. The first kappa shape index (κ1) is 89.9. The molecule has 81 heavy (non-hydrogen) atoms. The van der Waals surface area contributed by atoms with E-state index >= 15 is 0 Å². The number of ether oxygens (including phenoxy) is 3. The highest BCUT2D eigenvalue weighted by molar-refractivity contribution is 9.20. The van der Waals surface area contributed by atoms with Crippen molar-refractivity contribution in [2.24, 2.45) is 0 Å². The molecule has 6 unspecified atom stereocenters. The van der Waals surface area contributed by atoms with Crippen LogP contribution in [0.2, 0.25) is 195 Å². The van der Waals surface area contributed by atoms with Gasteiger partial charge < -0.3 is 56.4 Å². The molecule has 0 amide bonds. The smallest absolute Gasteiger partial charge is 0.319 e. The van der Waals surface area contributed by atoms with Gasteiger partial charge in [0, 0.05) is 6.61 Å². The number of carbonyl (C=O) groups is 3. The van der Waals surface area contributed by atoms with Crippen LogP contribution >= 0.6 is 71.8 Å². The molecule has 486 valence electrons. The van der Waals surface area contributed by atoms with E-state index in [-0.39, 0.29) is 32.9 Å². The van der Waals surface area contributed by atoms with E-state index in [1.165, 1.54) is 11.8 Å². The first-order chi connectivity index (χ1) is 35.7. The van der Waals surface area contributed by atoms with Gasteiger partial charge in [-0.1, -0.05) is 43.6 Å². The van der Waals surface area contributed by atoms with Crippen molar-refractivity contribution in [3.05, 3.63) is 0 Å². The number of thiocarbonyl (C=S) groups is 1. The zero-order chi connectivity index (χ0) is 65.3. The summed E-state index contributed by atoms with van der Waals surface area (Å²) in [7, 11) is -24.2. The highest BCUT2D eigenvalue weighted by Crippen LogP contribution is 2.31. The molecule has 16 nitrogen and oxygen atoms in total. The van der Waals surface area contributed by atoms with Crippen LogP contribution in [0, 0.1) is 0 Å². The summed E-state index contributed by atoms with van der Waals surface area (Å²) < 4.78 is 74.4. The van der Waals surface area contributed by atoms with Crippen molar-refractivity contribution >= 4 is 194 Å². The van der Waals surface area contributed by atoms with Crippen LogP contribution in [0.5, 0.6) is 0 Å². The van der Waals surface area contributed by atoms with Crippen LogP contribution < -0.4 is 0 Å². The summed E-state index contributed by atoms with van der Waals surface area (Å²) >= 11 is 15.3. The predicted octanol–water partition coefficient (Wildman–Crippen LogP) is 16.6. The third-order valence-electron chi connectivity index (χ3n) is 8.94. The highest BCUT2D eigenvalue weighted by Gasteiger charge is 2.47. The Balaban J connectivity index is -0.000000530. The molecule has 0 aromatic rings. The molecule has 0 bridgehead atoms. The summed E-state index contributed by atoms with van der Waals surface area (Å²) in [5.41, 5.74) is 0. The summed E-state index contributed by atoms with van der Waals surface area (Å²) in [6.07, 6.45) is 2.18. The van der Waals surface area contributed by atoms with Gasteiger partial charge in [0.25, 0.3) is 0 Å². The second-order valence-electron chi connectivity index (χ2n) is 27.5. The molecule has 0 rings (SSSR count). The minimum atomic E-state index is -2.47. The molecule has 0 aliphatic rings. The van der Waals surface area contributed by atoms with E-state index in [1.54, 1.807) is 20.8 Å². The molecule has 0 saturated heterocycles. The van der Waals surface area contributed by atoms with Gasteiger partial charge in [-0.05, 0) is 270 Å². The Morgan fingerprint density at radius 3 is 0.914 bits per heavy atom. The topological polar surface area (TPSA) is 182 Å². The number of thioether (sulfide) groups is 1. The number of halogens is 3. The minimum Gasteiger partial charge on any atom is -0.479 e. The molecule has 1 N–H and O–H groups in total. The van der Waals surface area contributed by atoms with Gasteiger partial charge in [-0.2, -0.15) is 0 Å². The van der Waals surface area contributed by atoms with Gasteiger partial charge in [0.15, 0.2) is 49.9 Å². The number of aliphatic hydroxyl groups excluding tert-OH is 1. The number of carbonyl (C=O) groups excluding carboxylic acids is 3. The number of hydrogen-bond acceptors (Lipinski definition) is 18. The summed E-state index contributed by atoms with van der Waals surface area (Å²) in [5.74, 6) is -0.513. The second kappa shape index (κ2) is 39.0. The fourth-order valence-electron chi connectivity index (χ4n) is 8.25. The Morgan fingerprint density at radius 1 is 0.432 bits per heavy atom. The predicted molar refractivity (Wildman–Crippen MR) is 386 cm³/mol. The molecular weight excluding hydrogens is 1470 g/mol. The number of rotatable bonds is 34. The maximum absolute atomic E-state index is 12.2. The fourth-order valence-corrected chi connectivity index (χ4v) is 63.4. The van der Waals surface area contributed by atoms with Crippen LogP contribution in [0.4, 0.5) is 0 Å². The largest absolute Gasteiger partial charge is 0.479 e. The van der Waals surface area contributed by atoms with Crippen LogP contribution in [0.3, 0.4) is 0 Å². The lowest BCUT2D eigenvalue weighted by molar-refractivity contribution is -0.143. The average molecular weight is 1590 g/mol. The van der Waals surface area contributed by atoms with E-state index in [0.717, 1.165) is 31.0 Å². The van der Waals surface area contributed by atoms with Crippen LogP contribution in [-0.2, 0) is 65.6 Å². The maximum atomic E-state index is 12.2. The quantitative estimate of drug-likeness (QED) is 0.0160. The molecule has 0 aliphatic carbocycles. The van der Waals surface area contributed by atoms with Gasteiger partial charge >= 0.3 is 63.3 Å². The normalized spacial score (nSPS) is 16.4. The summed E-state index contributed by atoms with van der Waals surface area (Å²) in [5, 5.41) is 8.73. The summed E-state index contributed by atoms with van der Waals surface area (Å²) in [4.78, 5) is 33.4. The Morgan fingerprint density at radius 2 is 0.691 bits per heavy atom. The standard InChI is InChI=1S/C18H42O6S2Si4.C15H37BrO5Si4.C12H34O4Si4.C3H4Br2O/c1-12-20-18(25)26-16(2)17(19)21-14-13-15-30(11,23-28(6,7)8)24-29(9,10)22-27(3,4)5;1-14(16)15(17)18-12-11-13-25(10,20-23(5,6)7)21-24(8,9)19-22(2,3)4;1-17(2,3)14-19(7,8)16-20(9,12-10-11-13)15-18(4,5)6;1-2(4)3(5)6/h16H,12-15H2,1-11H3;14H,11-13H2,1-10H3;13H,10-12H2,1-9H3;2H,1H3. The van der Waals surface area contributed by atoms with Gasteiger partial charge in [0.1, 0.15) is 10.1 Å². The third kappa shape index (κ3) is 57.4. The number of hydrogen-bond donors (Lipinski definition) is 1. The molecule has 0 radical (unpaired) electrons. The van der Waals surface area contributed by atoms with E-state index in [0.29, 0.717) is 30.6 Å². The lowest BCUT2D eigenvalue weighted by Gasteiger charge is -2.41. The Bertz CT molecular complexity index is 1830. The van der Waals surface area contributed by atoms with Crippen LogP contribution in [0.25, 0.3) is 0 Å². The van der Waals surface area contributed by atoms with Crippen molar-refractivity contribution in [3.8, 4) is 0 Å². The first-order valence-electron chi connectivity index (χ1n) is 28.2. The van der Waals surface area contributed by atoms with Gasteiger partial charge in [0.05, 0.1) is 24.6 Å². The van der Waals surface area contributed by atoms with Crippen molar-refractivity contribution in [1.82, 2.24) is 0 Å². The van der Waals surface area contributed by atoms with E-state index in [2.05, 4.69) is 225 Å². The Kier molecular flexibility index (Phi) is 43.3. The van der Waals surface area contributed by atoms with Crippen molar-refractivity contribution < 1.29 is 70.7 Å². The molecule has 6 atom stereocenters. The first-order valence-corrected chi connectivity index (χ1v) is 68.6. The lowest BCUT2D eigenvalue weighted by atomic mass is 10.5. The van der Waals surface area contributed by atoms with Crippen LogP contribution in [0.1, 0.15) is 47.0 Å². The summed E-state index contributed by atoms with van der Waals surface area (Å²) in [6.45, 7) is 66.9. The third-order valence-corrected chi connectivity index (χ3v) is 52.9. The van der Waals surface area contributed by atoms with Gasteiger partial charge in [0.2, 0.25) is 9.08 Å². The van der Waals surface area contributed by atoms with E-state index in [9.17, 15) is 14.4 Å². The molecule has 0 saturated carbocycles. The number of aliphatic hydroxyl groups is 1. The molecule has 33 heteroatoms. The zero-order valence-corrected chi connectivity index (χ0v) is 74.7. The molecular formula is C48H117Br3O16S2Si12. The van der Waals surface area contributed by atoms with Crippen molar-refractivity contribution in [1.29, 1.82) is 0 Å². The van der Waals surface area contributed by atoms with Crippen LogP contribution in [0.15, 0.2) is 0 Å². The number of esters is 2. The molecule has 0 aromatic carbocycles. The maximum Gasteiger partial charge on any atom is 0.319 e. The highest BCUT2D eigenvalue weighted by atomic mass is 79.9. The van der Waals surface area contributed by atoms with Crippen molar-refractivity contribution in [2.45, 2.75) is 257 Å². The van der Waals surface area contributed by atoms with Gasteiger partial charge in [-0.15, -0.1) is 0 Å². The minimum absolute atomic E-state index is 0.0116. The molecule has 0 heterocycles. The van der Waals surface area contributed by atoms with Gasteiger partial charge in [-0.3, -0.25) is 14.4 Å². The van der Waals surface area contributed by atoms with E-state index in [4.69, 9.17) is 68.6 Å². The Labute approximate surface area is 542 Å². The average Bonchev–Trinajstić information content (AvgIpc) is 3.15. The monoisotopic (exact) mass is 1590 g/mol. The molecule has 0 fully saturated rings. The second-order valence-corrected chi connectivity index (χ2v) is 82.4. The zero-order valence-electron chi connectivity index (χ0n) is 56.3. The fraction of sp³-hybridized carbons (Fsp3) is 0.917. The summed E-state index contributed by atoms with van der Waals surface area (Å²) in [6, 6.07) is 2.39. The molecule has 0 spiro atoms. The van der Waals surface area contributed by atoms with E-state index in [1.807, 2.05) is 6.92 Å². The van der Waals surface area contributed by atoms with Crippen LogP contribution in [-0.4, -0.2) is 169 Å². The number of alkyl halides is 2. The van der Waals surface area contributed by atoms with Crippen molar-refractivity contribution in [2.75, 3.05) is 26.4 Å². The molecule has 0 aromatic heterocycles. The SMILES string of the molecule is CC(Br)C(=O)Br.CC(Br)C(=O)OCCC[Si](C)(O[Si](C)(C)C)O[Si](C)(C)O[Si](C)(C)C.CCOC(=S)SC(C)C(=O)OCCC[Si](C)(O[Si](C)(C)C)O[Si](C)(C)O[Si](C)(C)C.C[Si](C)(C)O[Si](C)(C)O[Si](C)(CCCO)O[Si](C)(C)C. The van der Waals surface area contributed by atoms with E-state index < -0.39 is 107 Å². The Hall–Kier alpha value is 2.49.